The van der Waals surface area contributed by atoms with Gasteiger partial charge in [-0.1, -0.05) is 0 Å². The van der Waals surface area contributed by atoms with E-state index in [4.69, 9.17) is 0 Å². The van der Waals surface area contributed by atoms with E-state index in [1.807, 2.05) is 0 Å². The van der Waals surface area contributed by atoms with Crippen molar-refractivity contribution in [1.29, 1.82) is 0 Å². The number of sulfonamides is 1. The molecule has 0 atom stereocenters. The molecule has 0 bridgehead atoms. The van der Waals surface area contributed by atoms with Crippen LogP contribution in [0.4, 0.5) is 0 Å². The Morgan fingerprint density at radius 1 is 1.38 bits per heavy atom. The molecule has 0 unspecified atom stereocenters. The van der Waals surface area contributed by atoms with Gasteiger partial charge in [0.25, 0.3) is 10.0 Å². The van der Waals surface area contributed by atoms with Crippen LogP contribution in [0.1, 0.15) is 0 Å². The Hall–Kier alpha value is -0.460. The molecule has 1 aromatic heterocycles. The predicted octanol–water partition coefficient (Wildman–Crippen LogP) is 1.09. The van der Waals surface area contributed by atoms with Gasteiger partial charge in [0.2, 0.25) is 0 Å². The van der Waals surface area contributed by atoms with E-state index in [2.05, 4.69) is 20.9 Å². The average molecular weight is 265 g/mol. The highest BCUT2D eigenvalue weighted by Crippen LogP contribution is 2.13. The first kappa shape index (κ1) is 10.6. The monoisotopic (exact) mass is 264 g/mol. The van der Waals surface area contributed by atoms with E-state index in [1.165, 1.54) is 26.4 Å². The molecule has 0 aliphatic heterocycles. The number of halogens is 1. The fraction of sp³-hybridized carbons (Fsp3) is 0.286. The zero-order valence-corrected chi connectivity index (χ0v) is 9.63. The maximum atomic E-state index is 11.5. The van der Waals surface area contributed by atoms with Crippen molar-refractivity contribution < 1.29 is 8.42 Å². The smallest absolute Gasteiger partial charge is 0.242 e. The molecule has 0 spiro atoms. The molecule has 1 rings (SSSR count). The number of aromatic nitrogens is 1. The molecule has 0 amide bonds. The lowest BCUT2D eigenvalue weighted by molar-refractivity contribution is 0.517. The summed E-state index contributed by atoms with van der Waals surface area (Å²) in [6.07, 6.45) is 1.45. The summed E-state index contributed by atoms with van der Waals surface area (Å²) in [5, 5.41) is 0.0562. The zero-order chi connectivity index (χ0) is 10.1. The second kappa shape index (κ2) is 3.73. The van der Waals surface area contributed by atoms with Crippen LogP contribution in [0.2, 0.25) is 0 Å². The maximum Gasteiger partial charge on any atom is 0.260 e. The van der Waals surface area contributed by atoms with Crippen LogP contribution in [0, 0.1) is 0 Å². The molecule has 0 N–H and O–H groups in total. The molecule has 1 aromatic rings. The van der Waals surface area contributed by atoms with Crippen molar-refractivity contribution in [3.8, 4) is 0 Å². The standard InChI is InChI=1S/C7H9BrN2O2S/c1-10(2)13(11,12)7-4-3-6(8)5-9-7/h3-5H,1-2H3. The van der Waals surface area contributed by atoms with Gasteiger partial charge < -0.3 is 0 Å². The van der Waals surface area contributed by atoms with Gasteiger partial charge in [0.05, 0.1) is 0 Å². The Labute approximate surface area is 85.8 Å². The third-order valence-electron chi connectivity index (χ3n) is 1.45. The van der Waals surface area contributed by atoms with Gasteiger partial charge in [0.1, 0.15) is 0 Å². The molecule has 0 saturated carbocycles. The molecule has 0 aliphatic rings. The highest BCUT2D eigenvalue weighted by atomic mass is 79.9. The number of hydrogen-bond acceptors (Lipinski definition) is 3. The van der Waals surface area contributed by atoms with Crippen LogP contribution in [0.25, 0.3) is 0 Å². The van der Waals surface area contributed by atoms with Crippen LogP contribution in [0.15, 0.2) is 27.8 Å². The van der Waals surface area contributed by atoms with Crippen molar-refractivity contribution in [2.75, 3.05) is 14.1 Å². The summed E-state index contributed by atoms with van der Waals surface area (Å²) in [7, 11) is -0.450. The number of hydrogen-bond donors (Lipinski definition) is 0. The summed E-state index contributed by atoms with van der Waals surface area (Å²) in [6.45, 7) is 0. The minimum Gasteiger partial charge on any atom is -0.242 e. The van der Waals surface area contributed by atoms with E-state index >= 15 is 0 Å². The van der Waals surface area contributed by atoms with E-state index in [0.29, 0.717) is 0 Å². The first-order valence-electron chi connectivity index (χ1n) is 3.48. The Morgan fingerprint density at radius 2 is 2.00 bits per heavy atom. The molecule has 0 saturated heterocycles. The van der Waals surface area contributed by atoms with Gasteiger partial charge in [0, 0.05) is 24.8 Å². The van der Waals surface area contributed by atoms with E-state index in [1.54, 1.807) is 6.07 Å². The summed E-state index contributed by atoms with van der Waals surface area (Å²) < 4.78 is 24.9. The number of nitrogens with zero attached hydrogens (tertiary/aromatic N) is 2. The van der Waals surface area contributed by atoms with E-state index < -0.39 is 10.0 Å². The first-order valence-corrected chi connectivity index (χ1v) is 5.72. The first-order chi connectivity index (χ1) is 5.94. The van der Waals surface area contributed by atoms with E-state index in [0.717, 1.165) is 8.78 Å². The lowest BCUT2D eigenvalue weighted by Crippen LogP contribution is -2.23. The van der Waals surface area contributed by atoms with Crippen LogP contribution in [-0.2, 0) is 10.0 Å². The lowest BCUT2D eigenvalue weighted by Gasteiger charge is -2.09. The third-order valence-corrected chi connectivity index (χ3v) is 3.65. The normalized spacial score (nSPS) is 12.0. The molecule has 1 heterocycles. The minimum absolute atomic E-state index is 0.0562. The molecular weight excluding hydrogens is 256 g/mol. The van der Waals surface area contributed by atoms with Gasteiger partial charge in [-0.05, 0) is 28.1 Å². The van der Waals surface area contributed by atoms with Crippen molar-refractivity contribution in [1.82, 2.24) is 9.29 Å². The lowest BCUT2D eigenvalue weighted by atomic mass is 10.5. The van der Waals surface area contributed by atoms with Gasteiger partial charge in [-0.15, -0.1) is 0 Å². The van der Waals surface area contributed by atoms with Crippen molar-refractivity contribution in [2.24, 2.45) is 0 Å². The highest BCUT2D eigenvalue weighted by Gasteiger charge is 2.17. The minimum atomic E-state index is -3.39. The molecule has 0 fully saturated rings. The summed E-state index contributed by atoms with van der Waals surface area (Å²) in [5.74, 6) is 0. The van der Waals surface area contributed by atoms with Gasteiger partial charge in [-0.2, -0.15) is 0 Å². The van der Waals surface area contributed by atoms with Crippen LogP contribution < -0.4 is 0 Å². The van der Waals surface area contributed by atoms with Gasteiger partial charge in [0.15, 0.2) is 5.03 Å². The fourth-order valence-electron chi connectivity index (χ4n) is 0.702. The van der Waals surface area contributed by atoms with Crippen molar-refractivity contribution >= 4 is 26.0 Å². The van der Waals surface area contributed by atoms with Crippen molar-refractivity contribution in [3.05, 3.63) is 22.8 Å². The number of pyridine rings is 1. The van der Waals surface area contributed by atoms with Crippen LogP contribution >= 0.6 is 15.9 Å². The molecule has 0 aromatic carbocycles. The Kier molecular flexibility index (Phi) is 3.05. The van der Waals surface area contributed by atoms with Gasteiger partial charge in [-0.3, -0.25) is 0 Å². The number of rotatable bonds is 2. The Balaban J connectivity index is 3.17. The summed E-state index contributed by atoms with van der Waals surface area (Å²) in [6, 6.07) is 3.10. The molecule has 72 valence electrons. The van der Waals surface area contributed by atoms with Crippen LogP contribution in [0.3, 0.4) is 0 Å². The third kappa shape index (κ3) is 2.26. The van der Waals surface area contributed by atoms with E-state index in [9.17, 15) is 8.42 Å². The van der Waals surface area contributed by atoms with Gasteiger partial charge in [-0.25, -0.2) is 17.7 Å². The Bertz CT molecular complexity index is 385. The quantitative estimate of drug-likeness (QED) is 0.804. The van der Waals surface area contributed by atoms with Crippen molar-refractivity contribution in [3.63, 3.8) is 0 Å². The molecule has 6 heteroatoms. The molecular formula is C7H9BrN2O2S. The second-order valence-corrected chi connectivity index (χ2v) is 5.62. The maximum absolute atomic E-state index is 11.5. The average Bonchev–Trinajstić information content (AvgIpc) is 2.04. The SMILES string of the molecule is CN(C)S(=O)(=O)c1ccc(Br)cn1. The van der Waals surface area contributed by atoms with E-state index in [-0.39, 0.29) is 5.03 Å². The zero-order valence-electron chi connectivity index (χ0n) is 7.23. The molecule has 0 aliphatic carbocycles. The molecule has 0 radical (unpaired) electrons. The summed E-state index contributed by atoms with van der Waals surface area (Å²) in [4.78, 5) is 3.79. The van der Waals surface area contributed by atoms with Crippen LogP contribution in [0.5, 0.6) is 0 Å². The second-order valence-electron chi connectivity index (χ2n) is 2.60. The van der Waals surface area contributed by atoms with Crippen molar-refractivity contribution in [2.45, 2.75) is 5.03 Å². The highest BCUT2D eigenvalue weighted by molar-refractivity contribution is 9.10. The molecule has 13 heavy (non-hydrogen) atoms. The fourth-order valence-corrected chi connectivity index (χ4v) is 1.74. The topological polar surface area (TPSA) is 50.3 Å². The molecule has 4 nitrogen and oxygen atoms in total. The Morgan fingerprint density at radius 3 is 2.38 bits per heavy atom. The summed E-state index contributed by atoms with van der Waals surface area (Å²) >= 11 is 3.18. The van der Waals surface area contributed by atoms with Crippen LogP contribution in [-0.4, -0.2) is 31.8 Å². The van der Waals surface area contributed by atoms with Gasteiger partial charge >= 0.3 is 0 Å². The predicted molar refractivity (Wildman–Crippen MR) is 52.8 cm³/mol. The largest absolute Gasteiger partial charge is 0.260 e. The summed E-state index contributed by atoms with van der Waals surface area (Å²) in [5.41, 5.74) is 0.